The van der Waals surface area contributed by atoms with Gasteiger partial charge in [0.25, 0.3) is 0 Å². The fraction of sp³-hybridized carbons (Fsp3) is 0.429. The van der Waals surface area contributed by atoms with Crippen molar-refractivity contribution in [1.82, 2.24) is 9.78 Å². The van der Waals surface area contributed by atoms with Crippen molar-refractivity contribution >= 4 is 6.08 Å². The molecule has 0 aliphatic heterocycles. The Kier molecular flexibility index (Phi) is 2.58. The van der Waals surface area contributed by atoms with Gasteiger partial charge in [-0.05, 0) is 6.92 Å². The molecule has 0 amide bonds. The van der Waals surface area contributed by atoms with Gasteiger partial charge in [-0.25, -0.2) is 9.79 Å². The Morgan fingerprint density at radius 3 is 3.18 bits per heavy atom. The molecule has 4 heteroatoms. The number of rotatable bonds is 3. The zero-order valence-corrected chi connectivity index (χ0v) is 6.32. The number of carbonyl (C=O) groups excluding carboxylic acids is 1. The van der Waals surface area contributed by atoms with Gasteiger partial charge in [0.15, 0.2) is 0 Å². The molecule has 0 spiro atoms. The summed E-state index contributed by atoms with van der Waals surface area (Å²) in [5.41, 5.74) is 0.940. The normalized spacial score (nSPS) is 9.18. The molecular weight excluding hydrogens is 142 g/mol. The van der Waals surface area contributed by atoms with Gasteiger partial charge in [-0.15, -0.1) is 0 Å². The molecule has 0 saturated heterocycles. The Balaban J connectivity index is 2.64. The zero-order valence-electron chi connectivity index (χ0n) is 6.32. The molecule has 0 aromatic carbocycles. The molecule has 1 aromatic heterocycles. The first kappa shape index (κ1) is 7.69. The van der Waals surface area contributed by atoms with Crippen LogP contribution in [0.4, 0.5) is 0 Å². The van der Waals surface area contributed by atoms with Gasteiger partial charge in [-0.3, -0.25) is 4.68 Å². The average molecular weight is 151 g/mol. The Labute approximate surface area is 64.6 Å². The highest BCUT2D eigenvalue weighted by Crippen LogP contribution is 1.98. The number of aliphatic imine (C=N–C) groups is 1. The largest absolute Gasteiger partial charge is 0.273 e. The van der Waals surface area contributed by atoms with Crippen molar-refractivity contribution in [3.05, 3.63) is 18.0 Å². The summed E-state index contributed by atoms with van der Waals surface area (Å²) in [6.45, 7) is 3.22. The molecule has 11 heavy (non-hydrogen) atoms. The maximum absolute atomic E-state index is 9.74. The molecule has 0 aliphatic rings. The number of aryl methyl sites for hydroxylation is 1. The van der Waals surface area contributed by atoms with Crippen molar-refractivity contribution in [2.45, 2.75) is 20.0 Å². The molecule has 0 bridgehead atoms. The lowest BCUT2D eigenvalue weighted by Crippen LogP contribution is -1.92. The average Bonchev–Trinajstić information content (AvgIpc) is 2.48. The quantitative estimate of drug-likeness (QED) is 0.472. The summed E-state index contributed by atoms with van der Waals surface area (Å²) in [4.78, 5) is 13.2. The Morgan fingerprint density at radius 2 is 2.64 bits per heavy atom. The third kappa shape index (κ3) is 2.02. The number of nitrogens with zero attached hydrogens (tertiary/aromatic N) is 3. The van der Waals surface area contributed by atoms with Crippen molar-refractivity contribution in [3.8, 4) is 0 Å². The fourth-order valence-corrected chi connectivity index (χ4v) is 0.785. The summed E-state index contributed by atoms with van der Waals surface area (Å²) in [6.07, 6.45) is 5.04. The van der Waals surface area contributed by atoms with Gasteiger partial charge in [-0.2, -0.15) is 5.10 Å². The van der Waals surface area contributed by atoms with E-state index in [2.05, 4.69) is 10.1 Å². The summed E-state index contributed by atoms with van der Waals surface area (Å²) in [5, 5.41) is 4.01. The van der Waals surface area contributed by atoms with Crippen molar-refractivity contribution in [2.75, 3.05) is 0 Å². The van der Waals surface area contributed by atoms with Crippen LogP contribution in [0, 0.1) is 0 Å². The van der Waals surface area contributed by atoms with E-state index < -0.39 is 0 Å². The minimum absolute atomic E-state index is 0.378. The van der Waals surface area contributed by atoms with Gasteiger partial charge in [0, 0.05) is 18.3 Å². The molecule has 0 atom stereocenters. The molecular formula is C7H9N3O. The summed E-state index contributed by atoms with van der Waals surface area (Å²) in [7, 11) is 0. The highest BCUT2D eigenvalue weighted by molar-refractivity contribution is 5.33. The molecule has 0 N–H and O–H groups in total. The van der Waals surface area contributed by atoms with Gasteiger partial charge in [0.2, 0.25) is 6.08 Å². The molecule has 0 unspecified atom stereocenters. The second-order valence-corrected chi connectivity index (χ2v) is 2.11. The van der Waals surface area contributed by atoms with Crippen LogP contribution in [-0.4, -0.2) is 15.9 Å². The Bertz CT molecular complexity index is 273. The van der Waals surface area contributed by atoms with Gasteiger partial charge < -0.3 is 0 Å². The van der Waals surface area contributed by atoms with E-state index in [9.17, 15) is 4.79 Å². The van der Waals surface area contributed by atoms with Crippen molar-refractivity contribution < 1.29 is 4.79 Å². The van der Waals surface area contributed by atoms with E-state index in [-0.39, 0.29) is 0 Å². The maximum atomic E-state index is 9.74. The molecule has 0 fully saturated rings. The molecule has 1 heterocycles. The summed E-state index contributed by atoms with van der Waals surface area (Å²) in [6, 6.07) is 0. The second kappa shape index (κ2) is 3.68. The molecule has 58 valence electrons. The van der Waals surface area contributed by atoms with Gasteiger partial charge in [0.05, 0.1) is 12.7 Å². The lowest BCUT2D eigenvalue weighted by molar-refractivity contribution is 0.562. The lowest BCUT2D eigenvalue weighted by atomic mass is 10.4. The van der Waals surface area contributed by atoms with E-state index in [1.807, 2.05) is 13.1 Å². The Hall–Kier alpha value is -1.41. The monoisotopic (exact) mass is 151 g/mol. The van der Waals surface area contributed by atoms with Gasteiger partial charge in [0.1, 0.15) is 0 Å². The molecule has 0 saturated carbocycles. The topological polar surface area (TPSA) is 47.2 Å². The first-order valence-corrected chi connectivity index (χ1v) is 3.41. The smallest absolute Gasteiger partial charge is 0.235 e. The van der Waals surface area contributed by atoms with Gasteiger partial charge >= 0.3 is 0 Å². The first-order valence-electron chi connectivity index (χ1n) is 3.41. The maximum Gasteiger partial charge on any atom is 0.235 e. The summed E-state index contributed by atoms with van der Waals surface area (Å²) < 4.78 is 1.79. The second-order valence-electron chi connectivity index (χ2n) is 2.11. The molecule has 0 radical (unpaired) electrons. The minimum Gasteiger partial charge on any atom is -0.273 e. The third-order valence-electron chi connectivity index (χ3n) is 1.34. The predicted octanol–water partition coefficient (Wildman–Crippen LogP) is 0.739. The highest BCUT2D eigenvalue weighted by atomic mass is 16.1. The minimum atomic E-state index is 0.378. The molecule has 1 rings (SSSR count). The van der Waals surface area contributed by atoms with E-state index in [1.165, 1.54) is 6.08 Å². The van der Waals surface area contributed by atoms with E-state index >= 15 is 0 Å². The number of aromatic nitrogens is 2. The third-order valence-corrected chi connectivity index (χ3v) is 1.34. The van der Waals surface area contributed by atoms with Crippen molar-refractivity contribution in [2.24, 2.45) is 4.99 Å². The fourth-order valence-electron chi connectivity index (χ4n) is 0.785. The van der Waals surface area contributed by atoms with Crippen LogP contribution in [0.15, 0.2) is 17.4 Å². The first-order chi connectivity index (χ1) is 5.36. The van der Waals surface area contributed by atoms with Crippen molar-refractivity contribution in [1.29, 1.82) is 0 Å². The number of hydrogen-bond acceptors (Lipinski definition) is 3. The van der Waals surface area contributed by atoms with E-state index in [0.717, 1.165) is 12.1 Å². The van der Waals surface area contributed by atoms with Crippen LogP contribution in [0.1, 0.15) is 12.5 Å². The van der Waals surface area contributed by atoms with Crippen LogP contribution in [0.2, 0.25) is 0 Å². The van der Waals surface area contributed by atoms with Crippen LogP contribution < -0.4 is 0 Å². The van der Waals surface area contributed by atoms with E-state index in [1.54, 1.807) is 10.9 Å². The molecule has 1 aromatic rings. The number of isocyanates is 1. The summed E-state index contributed by atoms with van der Waals surface area (Å²) in [5.74, 6) is 0. The standard InChI is InChI=1S/C7H9N3O/c1-2-10-5-7(4-9-10)3-8-6-11/h4-5H,2-3H2,1H3. The lowest BCUT2D eigenvalue weighted by Gasteiger charge is -1.89. The summed E-state index contributed by atoms with van der Waals surface area (Å²) >= 11 is 0. The van der Waals surface area contributed by atoms with Crippen LogP contribution in [0.25, 0.3) is 0 Å². The zero-order chi connectivity index (χ0) is 8.10. The highest BCUT2D eigenvalue weighted by Gasteiger charge is 1.93. The SMILES string of the molecule is CCn1cc(CN=C=O)cn1. The van der Waals surface area contributed by atoms with Crippen LogP contribution in [0.5, 0.6) is 0 Å². The number of hydrogen-bond donors (Lipinski definition) is 0. The van der Waals surface area contributed by atoms with Crippen LogP contribution in [-0.2, 0) is 17.9 Å². The van der Waals surface area contributed by atoms with Crippen LogP contribution >= 0.6 is 0 Å². The molecule has 4 nitrogen and oxygen atoms in total. The van der Waals surface area contributed by atoms with E-state index in [0.29, 0.717) is 6.54 Å². The van der Waals surface area contributed by atoms with E-state index in [4.69, 9.17) is 0 Å². The van der Waals surface area contributed by atoms with Gasteiger partial charge in [-0.1, -0.05) is 0 Å². The van der Waals surface area contributed by atoms with Crippen molar-refractivity contribution in [3.63, 3.8) is 0 Å². The van der Waals surface area contributed by atoms with Crippen LogP contribution in [0.3, 0.4) is 0 Å². The predicted molar refractivity (Wildman–Crippen MR) is 39.7 cm³/mol. The molecule has 0 aliphatic carbocycles. The Morgan fingerprint density at radius 1 is 1.82 bits per heavy atom.